The van der Waals surface area contributed by atoms with Crippen LogP contribution >= 0.6 is 11.5 Å². The van der Waals surface area contributed by atoms with Gasteiger partial charge in [-0.3, -0.25) is 10.1 Å². The Morgan fingerprint density at radius 2 is 2.05 bits per heavy atom. The molecule has 0 bridgehead atoms. The molecule has 8 nitrogen and oxygen atoms in total. The third kappa shape index (κ3) is 3.41. The number of carbonyl (C=O) groups excluding carboxylic acids is 2. The van der Waals surface area contributed by atoms with Gasteiger partial charge in [0, 0.05) is 7.05 Å². The summed E-state index contributed by atoms with van der Waals surface area (Å²) in [4.78, 5) is 22.6. The molecule has 1 rings (SSSR count). The van der Waals surface area contributed by atoms with Crippen molar-refractivity contribution in [1.29, 1.82) is 0 Å². The van der Waals surface area contributed by atoms with Crippen LogP contribution in [0.4, 0.5) is 9.80 Å². The maximum Gasteiger partial charge on any atom is 0.319 e. The lowest BCUT2D eigenvalue weighted by Gasteiger charge is -2.04. The van der Waals surface area contributed by atoms with E-state index in [0.717, 1.165) is 0 Å². The number of nitrogens with one attached hydrogen (secondary N) is 2. The molecule has 0 aliphatic carbocycles. The number of nitrogens with two attached hydrogens (primary N) is 1. The van der Waals surface area contributed by atoms with Crippen LogP contribution in [0, 0.1) is 0 Å². The Bertz CT molecular complexity index is 593. The van der Waals surface area contributed by atoms with E-state index in [-0.39, 0.29) is 21.3 Å². The summed E-state index contributed by atoms with van der Waals surface area (Å²) in [6, 6.07) is -0.592. The first-order valence-corrected chi connectivity index (χ1v) is 7.77. The van der Waals surface area contributed by atoms with Gasteiger partial charge in [-0.25, -0.2) is 13.2 Å². The Morgan fingerprint density at radius 3 is 2.53 bits per heavy atom. The highest BCUT2D eigenvalue weighted by atomic mass is 32.2. The van der Waals surface area contributed by atoms with Crippen molar-refractivity contribution in [1.82, 2.24) is 9.69 Å². The minimum Gasteiger partial charge on any atom is -0.365 e. The summed E-state index contributed by atoms with van der Waals surface area (Å²) in [6.07, 6.45) is 0.385. The van der Waals surface area contributed by atoms with Crippen LogP contribution in [0.5, 0.6) is 0 Å². The Hall–Kier alpha value is -1.68. The fourth-order valence-corrected chi connectivity index (χ4v) is 3.89. The first-order chi connectivity index (χ1) is 8.83. The van der Waals surface area contributed by atoms with Crippen molar-refractivity contribution in [3.05, 3.63) is 5.56 Å². The number of sulfone groups is 1. The molecule has 0 spiro atoms. The van der Waals surface area contributed by atoms with E-state index in [1.54, 1.807) is 6.92 Å². The summed E-state index contributed by atoms with van der Waals surface area (Å²) in [7, 11) is -2.30. The number of carbonyl (C=O) groups is 2. The fourth-order valence-electron chi connectivity index (χ4n) is 1.32. The molecular formula is C9H14N4O4S2. The predicted octanol–water partition coefficient (Wildman–Crippen LogP) is 0.177. The summed E-state index contributed by atoms with van der Waals surface area (Å²) in [5.41, 5.74) is 4.89. The van der Waals surface area contributed by atoms with E-state index in [4.69, 9.17) is 5.73 Å². The molecule has 0 aliphatic heterocycles. The Kier molecular flexibility index (Phi) is 4.84. The Labute approximate surface area is 114 Å². The van der Waals surface area contributed by atoms with Gasteiger partial charge in [0.25, 0.3) is 5.91 Å². The average Bonchev–Trinajstić information content (AvgIpc) is 2.73. The van der Waals surface area contributed by atoms with Crippen LogP contribution in [0.3, 0.4) is 0 Å². The van der Waals surface area contributed by atoms with Crippen LogP contribution in [0.1, 0.15) is 23.7 Å². The molecule has 106 valence electrons. The van der Waals surface area contributed by atoms with Crippen LogP contribution in [-0.2, 0) is 9.84 Å². The van der Waals surface area contributed by atoms with E-state index in [1.807, 2.05) is 0 Å². The summed E-state index contributed by atoms with van der Waals surface area (Å²) in [5.74, 6) is -1.09. The predicted molar refractivity (Wildman–Crippen MR) is 71.1 cm³/mol. The van der Waals surface area contributed by atoms with Crippen LogP contribution in [-0.4, -0.2) is 37.5 Å². The molecule has 4 N–H and O–H groups in total. The lowest BCUT2D eigenvalue weighted by molar-refractivity contribution is 0.0998. The normalized spacial score (nSPS) is 11.1. The zero-order valence-electron chi connectivity index (χ0n) is 10.4. The topological polar surface area (TPSA) is 131 Å². The van der Waals surface area contributed by atoms with Crippen molar-refractivity contribution in [3.8, 4) is 0 Å². The van der Waals surface area contributed by atoms with E-state index in [9.17, 15) is 18.0 Å². The van der Waals surface area contributed by atoms with Gasteiger partial charge in [-0.05, 0) is 18.0 Å². The molecule has 0 saturated carbocycles. The lowest BCUT2D eigenvalue weighted by atomic mass is 10.3. The van der Waals surface area contributed by atoms with Gasteiger partial charge < -0.3 is 11.1 Å². The highest BCUT2D eigenvalue weighted by Gasteiger charge is 2.28. The fraction of sp³-hybridized carbons (Fsp3) is 0.444. The summed E-state index contributed by atoms with van der Waals surface area (Å²) in [6.45, 7) is 1.69. The zero-order valence-corrected chi connectivity index (χ0v) is 12.0. The van der Waals surface area contributed by atoms with Gasteiger partial charge in [0.1, 0.15) is 10.6 Å². The molecule has 0 atom stereocenters. The second-order valence-corrected chi connectivity index (χ2v) is 6.38. The largest absolute Gasteiger partial charge is 0.365 e. The van der Waals surface area contributed by atoms with E-state index in [1.165, 1.54) is 7.05 Å². The number of anilines is 1. The molecule has 0 aromatic carbocycles. The molecule has 10 heteroatoms. The number of hydrogen-bond donors (Lipinski definition) is 3. The quantitative estimate of drug-likeness (QED) is 0.714. The number of hydrogen-bond acceptors (Lipinski definition) is 6. The van der Waals surface area contributed by atoms with E-state index in [0.29, 0.717) is 18.0 Å². The van der Waals surface area contributed by atoms with Crippen LogP contribution in [0.25, 0.3) is 0 Å². The van der Waals surface area contributed by atoms with Crippen molar-refractivity contribution in [2.45, 2.75) is 18.4 Å². The number of amides is 3. The first-order valence-electron chi connectivity index (χ1n) is 5.34. The molecule has 3 amide bonds. The van der Waals surface area contributed by atoms with Gasteiger partial charge >= 0.3 is 6.03 Å². The third-order valence-electron chi connectivity index (χ3n) is 2.13. The molecule has 1 aromatic rings. The van der Waals surface area contributed by atoms with Crippen molar-refractivity contribution < 1.29 is 18.0 Å². The van der Waals surface area contributed by atoms with E-state index >= 15 is 0 Å². The second kappa shape index (κ2) is 5.97. The van der Waals surface area contributed by atoms with E-state index in [2.05, 4.69) is 15.0 Å². The SMILES string of the molecule is CCCS(=O)(=O)c1nsc(NC(=O)NC)c1C(N)=O. The minimum atomic E-state index is -3.68. The molecule has 1 aromatic heterocycles. The maximum atomic E-state index is 11.9. The van der Waals surface area contributed by atoms with Gasteiger partial charge in [0.15, 0.2) is 14.9 Å². The molecule has 0 aliphatic rings. The molecule has 0 radical (unpaired) electrons. The first kappa shape index (κ1) is 15.4. The van der Waals surface area contributed by atoms with Crippen molar-refractivity contribution >= 4 is 38.3 Å². The van der Waals surface area contributed by atoms with Crippen molar-refractivity contribution in [2.24, 2.45) is 5.73 Å². The van der Waals surface area contributed by atoms with Crippen LogP contribution in [0.2, 0.25) is 0 Å². The number of nitrogens with zero attached hydrogens (tertiary/aromatic N) is 1. The Balaban J connectivity index is 3.29. The van der Waals surface area contributed by atoms with Gasteiger partial charge in [-0.2, -0.15) is 4.37 Å². The summed E-state index contributed by atoms with van der Waals surface area (Å²) < 4.78 is 27.6. The smallest absolute Gasteiger partial charge is 0.319 e. The van der Waals surface area contributed by atoms with Gasteiger partial charge in [0.05, 0.1) is 5.75 Å². The molecule has 19 heavy (non-hydrogen) atoms. The number of urea groups is 1. The molecule has 0 unspecified atom stereocenters. The third-order valence-corrected chi connectivity index (χ3v) is 4.84. The lowest BCUT2D eigenvalue weighted by Crippen LogP contribution is -2.26. The van der Waals surface area contributed by atoms with Crippen molar-refractivity contribution in [2.75, 3.05) is 18.1 Å². The number of primary amides is 1. The molecule has 0 saturated heterocycles. The monoisotopic (exact) mass is 306 g/mol. The van der Waals surface area contributed by atoms with E-state index < -0.39 is 21.8 Å². The van der Waals surface area contributed by atoms with Crippen molar-refractivity contribution in [3.63, 3.8) is 0 Å². The minimum absolute atomic E-state index is 0.0153. The van der Waals surface area contributed by atoms with Crippen LogP contribution in [0.15, 0.2) is 5.03 Å². The second-order valence-electron chi connectivity index (χ2n) is 3.58. The highest BCUT2D eigenvalue weighted by Crippen LogP contribution is 2.28. The number of rotatable bonds is 5. The van der Waals surface area contributed by atoms with Gasteiger partial charge in [0.2, 0.25) is 0 Å². The standard InChI is InChI=1S/C9H14N4O4S2/c1-3-4-19(16,17)8-5(6(10)14)7(18-13-8)12-9(15)11-2/h3-4H2,1-2H3,(H2,10,14)(H2,11,12,15). The zero-order chi connectivity index (χ0) is 14.6. The Morgan fingerprint density at radius 1 is 1.42 bits per heavy atom. The molecular weight excluding hydrogens is 292 g/mol. The number of aromatic nitrogens is 1. The van der Waals surface area contributed by atoms with Gasteiger partial charge in [-0.15, -0.1) is 0 Å². The van der Waals surface area contributed by atoms with Gasteiger partial charge in [-0.1, -0.05) is 6.92 Å². The summed E-state index contributed by atoms with van der Waals surface area (Å²) >= 11 is 0.699. The molecule has 1 heterocycles. The molecule has 0 fully saturated rings. The summed E-state index contributed by atoms with van der Waals surface area (Å²) in [5, 5.41) is 4.24. The maximum absolute atomic E-state index is 11.9. The van der Waals surface area contributed by atoms with Crippen LogP contribution < -0.4 is 16.4 Å². The average molecular weight is 306 g/mol. The highest BCUT2D eigenvalue weighted by molar-refractivity contribution is 7.91.